The number of nitro benzene ring substituents is 1. The monoisotopic (exact) mass is 801 g/mol. The van der Waals surface area contributed by atoms with E-state index in [0.29, 0.717) is 58.1 Å². The molecule has 0 spiro atoms. The van der Waals surface area contributed by atoms with Gasteiger partial charge in [-0.05, 0) is 88.9 Å². The van der Waals surface area contributed by atoms with Gasteiger partial charge in [-0.1, -0.05) is 27.3 Å². The number of ether oxygens (including phenoxy) is 5. The van der Waals surface area contributed by atoms with E-state index in [4.69, 9.17) is 23.7 Å². The first kappa shape index (κ1) is 34.9. The zero-order valence-electron chi connectivity index (χ0n) is 26.4. The summed E-state index contributed by atoms with van der Waals surface area (Å²) in [5, 5.41) is 11.0. The molecule has 1 atom stereocenters. The third-order valence-electron chi connectivity index (χ3n) is 7.39. The number of hydrogen-bond acceptors (Lipinski definition) is 11. The third kappa shape index (κ3) is 6.89. The lowest BCUT2D eigenvalue weighted by atomic mass is 9.95. The van der Waals surface area contributed by atoms with Crippen LogP contribution in [0.2, 0.25) is 0 Å². The number of carbonyl (C=O) groups excluding carboxylic acids is 1. The van der Waals surface area contributed by atoms with Crippen molar-refractivity contribution in [3.63, 3.8) is 0 Å². The minimum absolute atomic E-state index is 0.0119. The molecular formula is C33H29Br2N3O9S. The predicted molar refractivity (Wildman–Crippen MR) is 186 cm³/mol. The van der Waals surface area contributed by atoms with Crippen molar-refractivity contribution in [2.75, 3.05) is 27.9 Å². The molecule has 3 aromatic carbocycles. The molecule has 5 rings (SSSR count). The van der Waals surface area contributed by atoms with E-state index in [2.05, 4.69) is 36.9 Å². The summed E-state index contributed by atoms with van der Waals surface area (Å²) < 4.78 is 31.0. The molecule has 0 N–H and O–H groups in total. The van der Waals surface area contributed by atoms with Crippen LogP contribution >= 0.6 is 43.2 Å². The number of thiazole rings is 1. The number of halogens is 2. The number of rotatable bonds is 11. The normalized spacial score (nSPS) is 14.2. The standard InChI is InChI=1S/C33H29Br2N3O9S/c1-6-46-32(40)28-17(2)36-33-37(29(28)21-14-24(43-3)25(44-4)15-22(21)34)31(39)27(48-33)13-19-11-23(35)30(26(12-19)45-5)47-16-18-7-9-20(10-8-18)38(41)42/h7-15,29H,6,16H2,1-5H3/b27-13-/t29-/m1/s1. The summed E-state index contributed by atoms with van der Waals surface area (Å²) in [7, 11) is 4.53. The second-order valence-electron chi connectivity index (χ2n) is 10.3. The van der Waals surface area contributed by atoms with Crippen molar-refractivity contribution in [1.29, 1.82) is 0 Å². The SMILES string of the molecule is CCOC(=O)C1=C(C)N=c2s/c(=C\c3cc(Br)c(OCc4ccc([N+](=O)[O-])cc4)c(OC)c3)c(=O)n2[C@@H]1c1cc(OC)c(OC)cc1Br. The van der Waals surface area contributed by atoms with Gasteiger partial charge in [0.2, 0.25) is 0 Å². The van der Waals surface area contributed by atoms with E-state index >= 15 is 0 Å². The highest BCUT2D eigenvalue weighted by molar-refractivity contribution is 9.10. The van der Waals surface area contributed by atoms with Crippen molar-refractivity contribution < 1.29 is 33.4 Å². The molecule has 4 aromatic rings. The molecule has 1 aliphatic rings. The Labute approximate surface area is 295 Å². The molecule has 12 nitrogen and oxygen atoms in total. The first-order valence-electron chi connectivity index (χ1n) is 14.4. The maximum Gasteiger partial charge on any atom is 0.338 e. The van der Waals surface area contributed by atoms with Crippen LogP contribution in [0.5, 0.6) is 23.0 Å². The smallest absolute Gasteiger partial charge is 0.338 e. The van der Waals surface area contributed by atoms with Crippen LogP contribution in [-0.2, 0) is 16.1 Å². The molecule has 48 heavy (non-hydrogen) atoms. The summed E-state index contributed by atoms with van der Waals surface area (Å²) in [6.07, 6.45) is 1.71. The lowest BCUT2D eigenvalue weighted by Crippen LogP contribution is -2.40. The Hall–Kier alpha value is -4.47. The molecule has 0 radical (unpaired) electrons. The summed E-state index contributed by atoms with van der Waals surface area (Å²) in [6, 6.07) is 12.1. The minimum Gasteiger partial charge on any atom is -0.493 e. The summed E-state index contributed by atoms with van der Waals surface area (Å²) >= 11 is 8.34. The predicted octanol–water partition coefficient (Wildman–Crippen LogP) is 5.84. The Bertz CT molecular complexity index is 2130. The second kappa shape index (κ2) is 14.7. The molecule has 0 unspecified atom stereocenters. The first-order chi connectivity index (χ1) is 23.0. The molecule has 1 aromatic heterocycles. The number of aromatic nitrogens is 1. The van der Waals surface area contributed by atoms with Gasteiger partial charge in [-0.3, -0.25) is 19.5 Å². The molecule has 1 aliphatic heterocycles. The van der Waals surface area contributed by atoms with Gasteiger partial charge < -0.3 is 23.7 Å². The molecular weight excluding hydrogens is 774 g/mol. The van der Waals surface area contributed by atoms with Crippen LogP contribution in [0, 0.1) is 10.1 Å². The van der Waals surface area contributed by atoms with Crippen molar-refractivity contribution in [2.24, 2.45) is 4.99 Å². The molecule has 0 bridgehead atoms. The molecule has 0 saturated heterocycles. The van der Waals surface area contributed by atoms with Crippen LogP contribution in [-0.4, -0.2) is 43.4 Å². The average molecular weight is 803 g/mol. The fourth-order valence-electron chi connectivity index (χ4n) is 5.15. The summed E-state index contributed by atoms with van der Waals surface area (Å²) in [5.74, 6) is 1.13. The number of benzene rings is 3. The Balaban J connectivity index is 1.59. The van der Waals surface area contributed by atoms with Crippen molar-refractivity contribution in [3.8, 4) is 23.0 Å². The summed E-state index contributed by atoms with van der Waals surface area (Å²) in [6.45, 7) is 3.70. The fraction of sp³-hybridized carbons (Fsp3) is 0.242. The molecule has 250 valence electrons. The van der Waals surface area contributed by atoms with Gasteiger partial charge in [0.05, 0.1) is 59.2 Å². The van der Waals surface area contributed by atoms with Gasteiger partial charge in [-0.2, -0.15) is 0 Å². The summed E-state index contributed by atoms with van der Waals surface area (Å²) in [4.78, 5) is 43.1. The Morgan fingerprint density at radius 1 is 1.02 bits per heavy atom. The molecule has 0 fully saturated rings. The van der Waals surface area contributed by atoms with E-state index in [9.17, 15) is 19.7 Å². The summed E-state index contributed by atoms with van der Waals surface area (Å²) in [5.41, 5.74) is 2.21. The van der Waals surface area contributed by atoms with Gasteiger partial charge in [0.15, 0.2) is 27.8 Å². The Kier molecular flexibility index (Phi) is 10.7. The van der Waals surface area contributed by atoms with Crippen molar-refractivity contribution in [2.45, 2.75) is 26.5 Å². The van der Waals surface area contributed by atoms with Crippen LogP contribution in [0.1, 0.15) is 36.6 Å². The third-order valence-corrected chi connectivity index (χ3v) is 9.65. The fourth-order valence-corrected chi connectivity index (χ4v) is 7.31. The maximum atomic E-state index is 14.2. The van der Waals surface area contributed by atoms with Crippen LogP contribution in [0.25, 0.3) is 6.08 Å². The maximum absolute atomic E-state index is 14.2. The Morgan fingerprint density at radius 2 is 1.69 bits per heavy atom. The Morgan fingerprint density at radius 3 is 2.31 bits per heavy atom. The molecule has 0 saturated carbocycles. The van der Waals surface area contributed by atoms with E-state index in [-0.39, 0.29) is 30.0 Å². The number of nitrogens with zero attached hydrogens (tertiary/aromatic N) is 3. The lowest BCUT2D eigenvalue weighted by molar-refractivity contribution is -0.384. The molecule has 0 aliphatic carbocycles. The second-order valence-corrected chi connectivity index (χ2v) is 13.0. The van der Waals surface area contributed by atoms with Crippen LogP contribution < -0.4 is 33.8 Å². The van der Waals surface area contributed by atoms with Gasteiger partial charge in [0.25, 0.3) is 11.2 Å². The zero-order valence-corrected chi connectivity index (χ0v) is 30.4. The number of non-ortho nitro benzene ring substituents is 1. The number of esters is 1. The number of allylic oxidation sites excluding steroid dienone is 1. The quantitative estimate of drug-likeness (QED) is 0.104. The van der Waals surface area contributed by atoms with Crippen LogP contribution in [0.15, 0.2) is 78.5 Å². The number of carbonyl (C=O) groups is 1. The minimum atomic E-state index is -0.881. The van der Waals surface area contributed by atoms with Gasteiger partial charge in [0, 0.05) is 16.6 Å². The van der Waals surface area contributed by atoms with Crippen molar-refractivity contribution in [3.05, 3.63) is 115 Å². The van der Waals surface area contributed by atoms with Gasteiger partial charge in [-0.25, -0.2) is 9.79 Å². The van der Waals surface area contributed by atoms with Crippen LogP contribution in [0.4, 0.5) is 5.69 Å². The van der Waals surface area contributed by atoms with E-state index in [1.165, 1.54) is 49.4 Å². The van der Waals surface area contributed by atoms with E-state index < -0.39 is 16.9 Å². The molecule has 15 heteroatoms. The highest BCUT2D eigenvalue weighted by atomic mass is 79.9. The van der Waals surface area contributed by atoms with Crippen molar-refractivity contribution >= 4 is 60.9 Å². The van der Waals surface area contributed by atoms with Crippen molar-refractivity contribution in [1.82, 2.24) is 4.57 Å². The van der Waals surface area contributed by atoms with Gasteiger partial charge in [-0.15, -0.1) is 0 Å². The average Bonchev–Trinajstić information content (AvgIpc) is 3.36. The highest BCUT2D eigenvalue weighted by Gasteiger charge is 2.35. The van der Waals surface area contributed by atoms with E-state index in [1.54, 1.807) is 56.3 Å². The largest absolute Gasteiger partial charge is 0.493 e. The first-order valence-corrected chi connectivity index (χ1v) is 16.8. The van der Waals surface area contributed by atoms with Gasteiger partial charge >= 0.3 is 5.97 Å². The van der Waals surface area contributed by atoms with Gasteiger partial charge in [0.1, 0.15) is 6.61 Å². The molecule has 0 amide bonds. The van der Waals surface area contributed by atoms with E-state index in [0.717, 1.165) is 5.56 Å². The number of hydrogen-bond donors (Lipinski definition) is 0. The number of methoxy groups -OCH3 is 3. The lowest BCUT2D eigenvalue weighted by Gasteiger charge is -2.26. The number of fused-ring (bicyclic) bond motifs is 1. The number of nitro groups is 1. The topological polar surface area (TPSA) is 141 Å². The zero-order chi connectivity index (χ0) is 34.7. The molecule has 2 heterocycles. The highest BCUT2D eigenvalue weighted by Crippen LogP contribution is 2.41. The van der Waals surface area contributed by atoms with Crippen LogP contribution in [0.3, 0.4) is 0 Å². The van der Waals surface area contributed by atoms with E-state index in [1.807, 2.05) is 0 Å².